The van der Waals surface area contributed by atoms with Gasteiger partial charge in [0.1, 0.15) is 0 Å². The van der Waals surface area contributed by atoms with Gasteiger partial charge in [-0.15, -0.1) is 0 Å². The summed E-state index contributed by atoms with van der Waals surface area (Å²) in [4.78, 5) is 10.6. The molecule has 0 aromatic rings. The summed E-state index contributed by atoms with van der Waals surface area (Å²) in [6.45, 7) is 6.11. The van der Waals surface area contributed by atoms with Crippen molar-refractivity contribution in [2.24, 2.45) is 0 Å². The van der Waals surface area contributed by atoms with Crippen molar-refractivity contribution in [3.63, 3.8) is 0 Å². The van der Waals surface area contributed by atoms with Crippen LogP contribution in [0.1, 0.15) is 142 Å². The number of hydrogen-bond acceptors (Lipinski definition) is 2. The fourth-order valence-electron chi connectivity index (χ4n) is 3.41. The zero-order chi connectivity index (χ0) is 19.0. The molecule has 0 aliphatic heterocycles. The van der Waals surface area contributed by atoms with Crippen LogP contribution >= 0.6 is 0 Å². The number of hydrogen-bond donors (Lipinski definition) is 0. The van der Waals surface area contributed by atoms with Crippen molar-refractivity contribution < 1.29 is 9.78 Å². The molecular formula is C24H51NaO2. The second kappa shape index (κ2) is 29.1. The third kappa shape index (κ3) is 29.2. The Kier molecular flexibility index (Phi) is 32.5. The summed E-state index contributed by atoms with van der Waals surface area (Å²) in [6, 6.07) is 0. The van der Waals surface area contributed by atoms with Crippen LogP contribution in [0.5, 0.6) is 0 Å². The van der Waals surface area contributed by atoms with Gasteiger partial charge in [0.2, 0.25) is 0 Å². The summed E-state index contributed by atoms with van der Waals surface area (Å²) in [6.07, 6.45) is 27.3. The van der Waals surface area contributed by atoms with E-state index in [4.69, 9.17) is 9.78 Å². The first-order valence-electron chi connectivity index (χ1n) is 12.2. The van der Waals surface area contributed by atoms with E-state index in [0.29, 0.717) is 0 Å². The molecule has 0 radical (unpaired) electrons. The monoisotopic (exact) mass is 394 g/mol. The zero-order valence-electron chi connectivity index (χ0n) is 18.4. The van der Waals surface area contributed by atoms with Crippen molar-refractivity contribution in [3.05, 3.63) is 0 Å². The summed E-state index contributed by atoms with van der Waals surface area (Å²) in [5.41, 5.74) is 0. The average molecular weight is 395 g/mol. The van der Waals surface area contributed by atoms with Gasteiger partial charge in [0, 0.05) is 0 Å². The molecule has 160 valence electrons. The molecule has 0 aromatic heterocycles. The van der Waals surface area contributed by atoms with Gasteiger partial charge in [0.05, 0.1) is 13.2 Å². The first kappa shape index (κ1) is 30.1. The summed E-state index contributed by atoms with van der Waals surface area (Å²) in [7, 11) is 0. The van der Waals surface area contributed by atoms with Crippen LogP contribution in [0, 0.1) is 0 Å². The number of rotatable bonds is 23. The average Bonchev–Trinajstić information content (AvgIpc) is 2.66. The molecule has 2 nitrogen and oxygen atoms in total. The molecule has 0 spiro atoms. The van der Waals surface area contributed by atoms with Crippen LogP contribution < -0.4 is 0 Å². The van der Waals surface area contributed by atoms with Gasteiger partial charge in [-0.1, -0.05) is 129 Å². The van der Waals surface area contributed by atoms with E-state index < -0.39 is 0 Å². The van der Waals surface area contributed by atoms with E-state index >= 15 is 0 Å². The summed E-state index contributed by atoms with van der Waals surface area (Å²) in [5.74, 6) is 0. The van der Waals surface area contributed by atoms with Crippen molar-refractivity contribution in [1.29, 1.82) is 0 Å². The predicted octanol–water partition coefficient (Wildman–Crippen LogP) is 8.13. The first-order valence-corrected chi connectivity index (χ1v) is 12.2. The minimum absolute atomic E-state index is 0. The van der Waals surface area contributed by atoms with Crippen molar-refractivity contribution in [1.82, 2.24) is 0 Å². The SMILES string of the molecule is CCCCCCCCCCCCOOCCCCCCCCCCCC.[NaH]. The molecule has 0 saturated carbocycles. The molecule has 0 unspecified atom stereocenters. The predicted molar refractivity (Wildman–Crippen MR) is 123 cm³/mol. The van der Waals surface area contributed by atoms with Crippen LogP contribution in [0.3, 0.4) is 0 Å². The van der Waals surface area contributed by atoms with Crippen LogP contribution in [-0.2, 0) is 9.78 Å². The maximum absolute atomic E-state index is 5.29. The summed E-state index contributed by atoms with van der Waals surface area (Å²) < 4.78 is 0. The van der Waals surface area contributed by atoms with E-state index in [1.165, 1.54) is 116 Å². The van der Waals surface area contributed by atoms with E-state index in [-0.39, 0.29) is 29.6 Å². The summed E-state index contributed by atoms with van der Waals surface area (Å²) in [5, 5.41) is 0. The van der Waals surface area contributed by atoms with Crippen molar-refractivity contribution in [2.45, 2.75) is 142 Å². The van der Waals surface area contributed by atoms with Crippen LogP contribution in [0.2, 0.25) is 0 Å². The van der Waals surface area contributed by atoms with E-state index in [2.05, 4.69) is 13.8 Å². The Balaban J connectivity index is 0. The van der Waals surface area contributed by atoms with Crippen LogP contribution in [0.25, 0.3) is 0 Å². The van der Waals surface area contributed by atoms with Gasteiger partial charge in [-0.3, -0.25) is 0 Å². The van der Waals surface area contributed by atoms with Gasteiger partial charge in [0.15, 0.2) is 0 Å². The third-order valence-corrected chi connectivity index (χ3v) is 5.25. The van der Waals surface area contributed by atoms with Gasteiger partial charge >= 0.3 is 29.6 Å². The molecule has 27 heavy (non-hydrogen) atoms. The van der Waals surface area contributed by atoms with Crippen molar-refractivity contribution >= 4 is 29.6 Å². The Hall–Kier alpha value is 0.920. The fraction of sp³-hybridized carbons (Fsp3) is 1.00. The van der Waals surface area contributed by atoms with Gasteiger partial charge in [-0.2, -0.15) is 0 Å². The van der Waals surface area contributed by atoms with E-state index in [0.717, 1.165) is 26.1 Å². The minimum atomic E-state index is 0. The molecule has 0 saturated heterocycles. The fourth-order valence-corrected chi connectivity index (χ4v) is 3.41. The summed E-state index contributed by atoms with van der Waals surface area (Å²) >= 11 is 0. The second-order valence-corrected chi connectivity index (χ2v) is 8.01. The Bertz CT molecular complexity index is 212. The molecule has 0 aromatic carbocycles. The molecule has 0 heterocycles. The molecule has 0 fully saturated rings. The normalized spacial score (nSPS) is 10.9. The Morgan fingerprint density at radius 3 is 0.815 bits per heavy atom. The Morgan fingerprint density at radius 1 is 0.333 bits per heavy atom. The molecule has 0 aliphatic carbocycles. The maximum atomic E-state index is 5.29. The number of unbranched alkanes of at least 4 members (excludes halogenated alkanes) is 18. The molecule has 0 bridgehead atoms. The van der Waals surface area contributed by atoms with Crippen LogP contribution in [-0.4, -0.2) is 42.8 Å². The van der Waals surface area contributed by atoms with Crippen molar-refractivity contribution in [3.8, 4) is 0 Å². The van der Waals surface area contributed by atoms with E-state index in [9.17, 15) is 0 Å². The van der Waals surface area contributed by atoms with Crippen LogP contribution in [0.4, 0.5) is 0 Å². The van der Waals surface area contributed by atoms with Crippen molar-refractivity contribution in [2.75, 3.05) is 13.2 Å². The second-order valence-electron chi connectivity index (χ2n) is 8.01. The standard InChI is InChI=1S/C24H50O2.Na.H/c1-3-5-7-9-11-13-15-17-19-21-23-25-26-24-22-20-18-16-14-12-10-8-6-4-2;;/h3-24H2,1-2H3;;. The third-order valence-electron chi connectivity index (χ3n) is 5.25. The van der Waals surface area contributed by atoms with Crippen LogP contribution in [0.15, 0.2) is 0 Å². The first-order chi connectivity index (χ1) is 12.9. The van der Waals surface area contributed by atoms with Gasteiger partial charge < -0.3 is 0 Å². The molecular weight excluding hydrogens is 343 g/mol. The Morgan fingerprint density at radius 2 is 0.556 bits per heavy atom. The van der Waals surface area contributed by atoms with Gasteiger partial charge in [-0.05, 0) is 12.8 Å². The van der Waals surface area contributed by atoms with E-state index in [1.54, 1.807) is 0 Å². The Labute approximate surface area is 194 Å². The molecule has 0 amide bonds. The molecule has 0 N–H and O–H groups in total. The molecule has 3 heteroatoms. The van der Waals surface area contributed by atoms with Gasteiger partial charge in [0.25, 0.3) is 0 Å². The topological polar surface area (TPSA) is 18.5 Å². The molecule has 0 rings (SSSR count). The molecule has 0 atom stereocenters. The molecule has 0 aliphatic rings. The van der Waals surface area contributed by atoms with Gasteiger partial charge in [-0.25, -0.2) is 9.78 Å². The van der Waals surface area contributed by atoms with E-state index in [1.807, 2.05) is 0 Å². The zero-order valence-corrected chi connectivity index (χ0v) is 18.4. The quantitative estimate of drug-likeness (QED) is 0.0753.